The minimum atomic E-state index is -0.280. The zero-order chi connectivity index (χ0) is 22.7. The van der Waals surface area contributed by atoms with E-state index in [9.17, 15) is 9.59 Å². The summed E-state index contributed by atoms with van der Waals surface area (Å²) in [7, 11) is 0. The highest BCUT2D eigenvalue weighted by Gasteiger charge is 2.32. The zero-order valence-corrected chi connectivity index (χ0v) is 18.4. The van der Waals surface area contributed by atoms with Gasteiger partial charge in [0.05, 0.1) is 22.9 Å². The van der Waals surface area contributed by atoms with E-state index >= 15 is 0 Å². The second-order valence-corrected chi connectivity index (χ2v) is 8.00. The van der Waals surface area contributed by atoms with Crippen molar-refractivity contribution in [1.82, 2.24) is 20.0 Å². The van der Waals surface area contributed by atoms with Crippen molar-refractivity contribution in [3.8, 4) is 5.69 Å². The highest BCUT2D eigenvalue weighted by atomic mass is 35.5. The van der Waals surface area contributed by atoms with E-state index in [2.05, 4.69) is 10.4 Å². The second-order valence-electron chi connectivity index (χ2n) is 7.59. The number of halogens is 1. The van der Waals surface area contributed by atoms with Gasteiger partial charge in [0, 0.05) is 43.8 Å². The molecule has 0 radical (unpaired) electrons. The number of aliphatic hydroxyl groups is 1. The molecule has 2 aromatic carbocycles. The summed E-state index contributed by atoms with van der Waals surface area (Å²) in [6.45, 7) is 2.59. The third-order valence-corrected chi connectivity index (χ3v) is 5.76. The maximum atomic E-state index is 13.6. The lowest BCUT2D eigenvalue weighted by molar-refractivity contribution is 0.0980. The number of aliphatic hydroxyl groups excluding tert-OH is 1. The number of fused-ring (bicyclic) bond motifs is 1. The molecule has 3 amide bonds. The first-order valence-electron chi connectivity index (χ1n) is 10.3. The first-order valence-corrected chi connectivity index (χ1v) is 10.7. The molecule has 1 atom stereocenters. The minimum absolute atomic E-state index is 0.137. The lowest BCUT2D eigenvalue weighted by Gasteiger charge is -2.29. The molecule has 1 aliphatic heterocycles. The van der Waals surface area contributed by atoms with Crippen molar-refractivity contribution in [1.29, 1.82) is 0 Å². The SMILES string of the molecule is C[C@@H]1CN(C(=O)c2ccc(-n3cccn3)cc2Cl)c2ccccc2CN1C(=O)NCCO. The predicted octanol–water partition coefficient (Wildman–Crippen LogP) is 3.08. The van der Waals surface area contributed by atoms with Gasteiger partial charge in [-0.05, 0) is 42.8 Å². The standard InChI is InChI=1S/C23H24ClN5O3/c1-16-14-28(21-6-3-2-5-17(21)15-27(16)23(32)25-10-12-30)22(31)19-8-7-18(13-20(19)24)29-11-4-9-26-29/h2-9,11,13,16,30H,10,12,14-15H2,1H3,(H,25,32)/t16-/m1/s1. The van der Waals surface area contributed by atoms with E-state index in [4.69, 9.17) is 16.7 Å². The van der Waals surface area contributed by atoms with Crippen LogP contribution in [0.4, 0.5) is 10.5 Å². The maximum Gasteiger partial charge on any atom is 0.318 e. The molecule has 3 aromatic rings. The number of nitrogens with zero attached hydrogens (tertiary/aromatic N) is 4. The van der Waals surface area contributed by atoms with Gasteiger partial charge in [-0.15, -0.1) is 0 Å². The van der Waals surface area contributed by atoms with E-state index in [0.29, 0.717) is 23.7 Å². The molecule has 1 aromatic heterocycles. The third kappa shape index (κ3) is 4.32. The van der Waals surface area contributed by atoms with Crippen LogP contribution in [-0.4, -0.2) is 57.5 Å². The molecule has 0 unspecified atom stereocenters. The Bertz CT molecular complexity index is 1120. The Hall–Kier alpha value is -3.36. The predicted molar refractivity (Wildman–Crippen MR) is 122 cm³/mol. The molecule has 8 nitrogen and oxygen atoms in total. The number of nitrogens with one attached hydrogen (secondary N) is 1. The molecule has 4 rings (SSSR count). The first-order chi connectivity index (χ1) is 15.5. The molecule has 2 heterocycles. The molecular weight excluding hydrogens is 430 g/mol. The average molecular weight is 454 g/mol. The summed E-state index contributed by atoms with van der Waals surface area (Å²) in [5, 5.41) is 16.3. The lowest BCUT2D eigenvalue weighted by atomic mass is 10.1. The Balaban J connectivity index is 1.66. The van der Waals surface area contributed by atoms with Crippen molar-refractivity contribution in [2.24, 2.45) is 0 Å². The summed E-state index contributed by atoms with van der Waals surface area (Å²) in [5.74, 6) is -0.237. The van der Waals surface area contributed by atoms with E-state index < -0.39 is 0 Å². The van der Waals surface area contributed by atoms with Gasteiger partial charge in [-0.2, -0.15) is 5.10 Å². The van der Waals surface area contributed by atoms with Gasteiger partial charge in [0.1, 0.15) is 0 Å². The normalized spacial score (nSPS) is 15.8. The van der Waals surface area contributed by atoms with Gasteiger partial charge in [0.25, 0.3) is 5.91 Å². The van der Waals surface area contributed by atoms with E-state index in [0.717, 1.165) is 16.9 Å². The van der Waals surface area contributed by atoms with Crippen molar-refractivity contribution in [2.45, 2.75) is 19.5 Å². The minimum Gasteiger partial charge on any atom is -0.395 e. The van der Waals surface area contributed by atoms with Crippen molar-refractivity contribution < 1.29 is 14.7 Å². The lowest BCUT2D eigenvalue weighted by Crippen LogP contribution is -2.48. The Labute approximate surface area is 191 Å². The highest BCUT2D eigenvalue weighted by molar-refractivity contribution is 6.34. The van der Waals surface area contributed by atoms with Gasteiger partial charge >= 0.3 is 6.03 Å². The average Bonchev–Trinajstić information content (AvgIpc) is 3.29. The number of carbonyl (C=O) groups excluding carboxylic acids is 2. The molecule has 0 spiro atoms. The fourth-order valence-corrected chi connectivity index (χ4v) is 4.08. The Kier molecular flexibility index (Phi) is 6.43. The van der Waals surface area contributed by atoms with Crippen LogP contribution in [0.3, 0.4) is 0 Å². The van der Waals surface area contributed by atoms with E-state index in [1.165, 1.54) is 0 Å². The summed E-state index contributed by atoms with van der Waals surface area (Å²) in [6.07, 6.45) is 3.47. The Morgan fingerprint density at radius 2 is 2.03 bits per heavy atom. The van der Waals surface area contributed by atoms with Crippen LogP contribution < -0.4 is 10.2 Å². The number of urea groups is 1. The number of amides is 3. The van der Waals surface area contributed by atoms with Crippen molar-refractivity contribution in [3.63, 3.8) is 0 Å². The molecule has 9 heteroatoms. The van der Waals surface area contributed by atoms with Crippen LogP contribution in [-0.2, 0) is 6.54 Å². The largest absolute Gasteiger partial charge is 0.395 e. The Morgan fingerprint density at radius 3 is 2.75 bits per heavy atom. The topological polar surface area (TPSA) is 90.7 Å². The van der Waals surface area contributed by atoms with Crippen LogP contribution in [0.5, 0.6) is 0 Å². The smallest absolute Gasteiger partial charge is 0.318 e. The number of carbonyl (C=O) groups is 2. The van der Waals surface area contributed by atoms with E-state index in [1.807, 2.05) is 37.3 Å². The fourth-order valence-electron chi connectivity index (χ4n) is 3.82. The number of hydrogen-bond acceptors (Lipinski definition) is 4. The van der Waals surface area contributed by atoms with Gasteiger partial charge in [0.15, 0.2) is 0 Å². The molecule has 166 valence electrons. The molecule has 1 aliphatic rings. The van der Waals surface area contributed by atoms with E-state index in [1.54, 1.807) is 45.1 Å². The number of rotatable bonds is 4. The summed E-state index contributed by atoms with van der Waals surface area (Å²) in [5.41, 5.74) is 2.73. The van der Waals surface area contributed by atoms with Gasteiger partial charge in [0.2, 0.25) is 0 Å². The number of aromatic nitrogens is 2. The highest BCUT2D eigenvalue weighted by Crippen LogP contribution is 2.30. The molecule has 2 N–H and O–H groups in total. The molecular formula is C23H24ClN5O3. The number of anilines is 1. The summed E-state index contributed by atoms with van der Waals surface area (Å²) >= 11 is 6.51. The van der Waals surface area contributed by atoms with Crippen LogP contribution >= 0.6 is 11.6 Å². The molecule has 0 saturated carbocycles. The number of para-hydroxylation sites is 1. The molecule has 32 heavy (non-hydrogen) atoms. The van der Waals surface area contributed by atoms with Gasteiger partial charge in [-0.25, -0.2) is 9.48 Å². The number of benzene rings is 2. The molecule has 0 bridgehead atoms. The second kappa shape index (κ2) is 9.42. The zero-order valence-electron chi connectivity index (χ0n) is 17.6. The van der Waals surface area contributed by atoms with E-state index in [-0.39, 0.29) is 31.1 Å². The fraction of sp³-hybridized carbons (Fsp3) is 0.261. The van der Waals surface area contributed by atoms with Crippen molar-refractivity contribution in [3.05, 3.63) is 77.1 Å². The quantitative estimate of drug-likeness (QED) is 0.635. The van der Waals surface area contributed by atoms with Crippen molar-refractivity contribution >= 4 is 29.2 Å². The van der Waals surface area contributed by atoms with Gasteiger partial charge < -0.3 is 20.2 Å². The monoisotopic (exact) mass is 453 g/mol. The van der Waals surface area contributed by atoms with Crippen LogP contribution in [0.25, 0.3) is 5.69 Å². The summed E-state index contributed by atoms with van der Waals surface area (Å²) in [4.78, 5) is 29.6. The summed E-state index contributed by atoms with van der Waals surface area (Å²) in [6, 6.07) is 14.0. The first kappa shape index (κ1) is 21.9. The van der Waals surface area contributed by atoms with Crippen molar-refractivity contribution in [2.75, 3.05) is 24.6 Å². The molecule has 0 fully saturated rings. The molecule has 0 saturated heterocycles. The van der Waals surface area contributed by atoms with Crippen LogP contribution in [0.15, 0.2) is 60.9 Å². The van der Waals surface area contributed by atoms with Crippen LogP contribution in [0.1, 0.15) is 22.8 Å². The molecule has 0 aliphatic carbocycles. The number of hydrogen-bond donors (Lipinski definition) is 2. The Morgan fingerprint density at radius 1 is 1.22 bits per heavy atom. The van der Waals surface area contributed by atoms with Gasteiger partial charge in [-0.3, -0.25) is 4.79 Å². The summed E-state index contributed by atoms with van der Waals surface area (Å²) < 4.78 is 1.67. The van der Waals surface area contributed by atoms with Gasteiger partial charge in [-0.1, -0.05) is 29.8 Å². The maximum absolute atomic E-state index is 13.6. The van der Waals surface area contributed by atoms with Crippen LogP contribution in [0.2, 0.25) is 5.02 Å². The van der Waals surface area contributed by atoms with Crippen LogP contribution in [0, 0.1) is 0 Å². The third-order valence-electron chi connectivity index (χ3n) is 5.45.